The Labute approximate surface area is 49.6 Å². The second kappa shape index (κ2) is 25.6. The second-order valence-electron chi connectivity index (χ2n) is 0. The van der Waals surface area contributed by atoms with Gasteiger partial charge in [-0.15, -0.1) is 0 Å². The van der Waals surface area contributed by atoms with Gasteiger partial charge in [0.15, 0.2) is 0 Å². The molecule has 28 valence electrons. The Morgan fingerprint density at radius 1 is 1.25 bits per heavy atom. The number of hydrogen-bond acceptors (Lipinski definition) is 1. The van der Waals surface area contributed by atoms with Crippen molar-refractivity contribution in [1.82, 2.24) is 0 Å². The lowest BCUT2D eigenvalue weighted by Crippen LogP contribution is -1.69. The van der Waals surface area contributed by atoms with Gasteiger partial charge in [0.1, 0.15) is 0 Å². The molecule has 0 saturated carbocycles. The smallest absolute Gasteiger partial charge is 0 e. The summed E-state index contributed by atoms with van der Waals surface area (Å²) in [4.78, 5) is 0. The monoisotopic (exact) mass is 285 g/mol. The fourth-order valence-electron chi connectivity index (χ4n) is 0. The first-order chi connectivity index (χ1) is 2.00. The van der Waals surface area contributed by atoms with Crippen LogP contribution >= 0.6 is 37.2 Å². The maximum atomic E-state index is 4.50. The summed E-state index contributed by atoms with van der Waals surface area (Å²) in [5.74, 6) is 0. The molecule has 0 radical (unpaired) electrons. The van der Waals surface area contributed by atoms with Gasteiger partial charge in [-0.25, -0.2) is 0 Å². The average Bonchev–Trinajstić information content (AvgIpc) is 1.50. The second-order valence-corrected chi connectivity index (χ2v) is 0. The third-order valence-electron chi connectivity index (χ3n) is 0. The molecule has 0 fully saturated rings. The quantitative estimate of drug-likeness (QED) is 0.668. The summed E-state index contributed by atoms with van der Waals surface area (Å²) in [6.45, 7) is 0. The van der Waals surface area contributed by atoms with Crippen LogP contribution in [0.4, 0.5) is 0 Å². The molecule has 0 aliphatic rings. The van der Waals surface area contributed by atoms with Crippen LogP contribution < -0.4 is 5.73 Å². The molecule has 0 unspecified atom stereocenters. The van der Waals surface area contributed by atoms with Crippen molar-refractivity contribution < 1.29 is 0 Å². The average molecular weight is 285 g/mol. The highest BCUT2D eigenvalue weighted by atomic mass is 128. The molecule has 4 heavy (non-hydrogen) atoms. The van der Waals surface area contributed by atoms with Crippen LogP contribution in [0.3, 0.4) is 0 Å². The van der Waals surface area contributed by atoms with Gasteiger partial charge in [-0.2, -0.15) is 0 Å². The van der Waals surface area contributed by atoms with Crippen LogP contribution in [-0.2, 0) is 0 Å². The predicted octanol–water partition coefficient (Wildman–Crippen LogP) is 1.35. The van der Waals surface area contributed by atoms with E-state index in [1.165, 1.54) is 7.05 Å². The maximum absolute atomic E-state index is 4.50. The molecule has 0 bridgehead atoms. The van der Waals surface area contributed by atoms with E-state index in [1.54, 1.807) is 0 Å². The Kier molecular flexibility index (Phi) is 58.0. The first kappa shape index (κ1) is 9.05. The van der Waals surface area contributed by atoms with Gasteiger partial charge in [0.25, 0.3) is 0 Å². The van der Waals surface area contributed by atoms with Crippen molar-refractivity contribution in [3.63, 3.8) is 0 Å². The van der Waals surface area contributed by atoms with Gasteiger partial charge in [-0.05, 0) is 7.05 Å². The van der Waals surface area contributed by atoms with Crippen LogP contribution in [0.2, 0.25) is 0 Å². The molecule has 0 aliphatic carbocycles. The van der Waals surface area contributed by atoms with Crippen LogP contribution in [-0.4, -0.2) is 7.05 Å². The molecule has 0 spiro atoms. The lowest BCUT2D eigenvalue weighted by molar-refractivity contribution is 1.48. The van der Waals surface area contributed by atoms with E-state index in [4.69, 9.17) is 0 Å². The molecular formula is CH5I2N. The fraction of sp³-hybridized carbons (Fsp3) is 1.00. The van der Waals surface area contributed by atoms with Crippen molar-refractivity contribution in [1.29, 1.82) is 0 Å². The van der Waals surface area contributed by atoms with E-state index in [2.05, 4.69) is 43.0 Å². The maximum Gasteiger partial charge on any atom is 0 e. The highest BCUT2D eigenvalue weighted by Crippen LogP contribution is 1.89. The summed E-state index contributed by atoms with van der Waals surface area (Å²) in [7, 11) is 1.50. The van der Waals surface area contributed by atoms with E-state index < -0.39 is 0 Å². The summed E-state index contributed by atoms with van der Waals surface area (Å²) in [6, 6.07) is 0. The van der Waals surface area contributed by atoms with E-state index in [1.807, 2.05) is 0 Å². The van der Waals surface area contributed by atoms with Crippen molar-refractivity contribution in [2.75, 3.05) is 7.05 Å². The Balaban J connectivity index is 0. The van der Waals surface area contributed by atoms with Crippen LogP contribution in [0.5, 0.6) is 0 Å². The normalized spacial score (nSPS) is 3.00. The molecule has 0 heterocycles. The predicted molar refractivity (Wildman–Crippen MR) is 38.2 cm³/mol. The molecule has 0 rings (SSSR count). The molecule has 0 aromatic heterocycles. The lowest BCUT2D eigenvalue weighted by atomic mass is 11.6. The number of nitrogens with two attached hydrogens (primary N) is 1. The van der Waals surface area contributed by atoms with E-state index >= 15 is 0 Å². The minimum Gasteiger partial charge on any atom is -0.333 e. The highest BCUT2D eigenvalue weighted by molar-refractivity contribution is 15.0. The zero-order chi connectivity index (χ0) is 4.00. The highest BCUT2D eigenvalue weighted by Gasteiger charge is 1.00. The molecule has 0 saturated heterocycles. The molecule has 0 atom stereocenters. The topological polar surface area (TPSA) is 26.0 Å². The molecule has 0 aliphatic heterocycles. The molecule has 0 aromatic rings. The van der Waals surface area contributed by atoms with Gasteiger partial charge in [0.2, 0.25) is 0 Å². The number of hydrogen-bond donors (Lipinski definition) is 1. The SMILES string of the molecule is CN.II. The Hall–Kier alpha value is 1.42. The zero-order valence-corrected chi connectivity index (χ0v) is 6.65. The summed E-state index contributed by atoms with van der Waals surface area (Å²) < 4.78 is 0. The van der Waals surface area contributed by atoms with E-state index in [9.17, 15) is 0 Å². The zero-order valence-electron chi connectivity index (χ0n) is 2.33. The Bertz CT molecular complexity index is 6.00. The van der Waals surface area contributed by atoms with Gasteiger partial charge in [0.05, 0.1) is 0 Å². The molecule has 0 amide bonds. The third kappa shape index (κ3) is 9.93. The third-order valence-corrected chi connectivity index (χ3v) is 0. The van der Waals surface area contributed by atoms with E-state index in [0.29, 0.717) is 0 Å². The molecule has 0 aromatic carbocycles. The minimum atomic E-state index is 1.50. The van der Waals surface area contributed by atoms with Gasteiger partial charge >= 0.3 is 0 Å². The van der Waals surface area contributed by atoms with Crippen LogP contribution in [0.25, 0.3) is 0 Å². The summed E-state index contributed by atoms with van der Waals surface area (Å²) in [5, 5.41) is 0. The molecule has 2 N–H and O–H groups in total. The van der Waals surface area contributed by atoms with Crippen molar-refractivity contribution in [3.8, 4) is 0 Å². The Morgan fingerprint density at radius 3 is 1.25 bits per heavy atom. The van der Waals surface area contributed by atoms with Crippen molar-refractivity contribution >= 4 is 37.2 Å². The summed E-state index contributed by atoms with van der Waals surface area (Å²) in [5.41, 5.74) is 4.50. The van der Waals surface area contributed by atoms with Crippen molar-refractivity contribution in [2.45, 2.75) is 0 Å². The van der Waals surface area contributed by atoms with Gasteiger partial charge in [0, 0.05) is 37.2 Å². The Morgan fingerprint density at radius 2 is 1.25 bits per heavy atom. The van der Waals surface area contributed by atoms with Crippen LogP contribution in [0.1, 0.15) is 0 Å². The van der Waals surface area contributed by atoms with E-state index in [-0.39, 0.29) is 0 Å². The first-order valence-corrected chi connectivity index (χ1v) is 7.01. The molecule has 3 heteroatoms. The summed E-state index contributed by atoms with van der Waals surface area (Å²) >= 11 is 4.24. The van der Waals surface area contributed by atoms with Crippen LogP contribution in [0.15, 0.2) is 0 Å². The number of rotatable bonds is 0. The largest absolute Gasteiger partial charge is 0.333 e. The van der Waals surface area contributed by atoms with Crippen molar-refractivity contribution in [3.05, 3.63) is 0 Å². The van der Waals surface area contributed by atoms with Gasteiger partial charge in [-0.3, -0.25) is 0 Å². The lowest BCUT2D eigenvalue weighted by Gasteiger charge is -1.19. The fourth-order valence-corrected chi connectivity index (χ4v) is 0. The van der Waals surface area contributed by atoms with Crippen molar-refractivity contribution in [2.24, 2.45) is 5.73 Å². The molecular weight excluding hydrogens is 280 g/mol. The van der Waals surface area contributed by atoms with E-state index in [0.717, 1.165) is 0 Å². The van der Waals surface area contributed by atoms with Crippen LogP contribution in [0, 0.1) is 0 Å². The summed E-state index contributed by atoms with van der Waals surface area (Å²) in [6.07, 6.45) is 0. The van der Waals surface area contributed by atoms with Gasteiger partial charge in [-0.1, -0.05) is 0 Å². The minimum absolute atomic E-state index is 1.50. The van der Waals surface area contributed by atoms with Gasteiger partial charge < -0.3 is 5.73 Å². The molecule has 1 nitrogen and oxygen atoms in total. The number of halogens is 2. The standard InChI is InChI=1S/CH5N.I2/c2*1-2/h2H2,1H3;. The first-order valence-electron chi connectivity index (χ1n) is 0.720.